The van der Waals surface area contributed by atoms with E-state index in [1.807, 2.05) is 32.9 Å². The molecule has 4 aliphatic rings. The zero-order valence-electron chi connectivity index (χ0n) is 23.5. The van der Waals surface area contributed by atoms with Crippen LogP contribution < -0.4 is 5.32 Å². The summed E-state index contributed by atoms with van der Waals surface area (Å²) in [6, 6.07) is 8.76. The summed E-state index contributed by atoms with van der Waals surface area (Å²) in [6.07, 6.45) is 12.2. The van der Waals surface area contributed by atoms with Gasteiger partial charge < -0.3 is 10.2 Å². The molecule has 36 heavy (non-hydrogen) atoms. The van der Waals surface area contributed by atoms with Crippen molar-refractivity contribution in [1.29, 1.82) is 0 Å². The molecule has 1 heterocycles. The van der Waals surface area contributed by atoms with Crippen LogP contribution in [0.3, 0.4) is 0 Å². The number of benzene rings is 1. The number of amides is 2. The molecule has 1 N–H and O–H groups in total. The summed E-state index contributed by atoms with van der Waals surface area (Å²) in [5.41, 5.74) is 2.66. The van der Waals surface area contributed by atoms with Gasteiger partial charge in [-0.25, -0.2) is 0 Å². The van der Waals surface area contributed by atoms with E-state index < -0.39 is 0 Å². The van der Waals surface area contributed by atoms with Crippen molar-refractivity contribution in [2.45, 2.75) is 110 Å². The lowest BCUT2D eigenvalue weighted by atomic mass is 9.46. The minimum Gasteiger partial charge on any atom is -0.347 e. The lowest BCUT2D eigenvalue weighted by Crippen LogP contribution is -2.61. The third kappa shape index (κ3) is 4.41. The fourth-order valence-electron chi connectivity index (χ4n) is 9.31. The van der Waals surface area contributed by atoms with Gasteiger partial charge in [0.15, 0.2) is 0 Å². The first kappa shape index (κ1) is 25.8. The number of carbonyl (C=O) groups excluding carboxylic acids is 2. The summed E-state index contributed by atoms with van der Waals surface area (Å²) >= 11 is 0. The first-order chi connectivity index (χ1) is 16.9. The number of piperidine rings is 1. The van der Waals surface area contributed by atoms with E-state index in [4.69, 9.17) is 0 Å². The fraction of sp³-hybridized carbons (Fsp3) is 0.750. The zero-order chi connectivity index (χ0) is 25.9. The van der Waals surface area contributed by atoms with Crippen molar-refractivity contribution < 1.29 is 9.59 Å². The van der Waals surface area contributed by atoms with Gasteiger partial charge in [-0.05, 0) is 131 Å². The maximum absolute atomic E-state index is 12.5. The molecule has 0 spiro atoms. The van der Waals surface area contributed by atoms with Gasteiger partial charge in [0.05, 0.1) is 0 Å². The number of carbonyl (C=O) groups is 2. The Morgan fingerprint density at radius 3 is 2.36 bits per heavy atom. The molecule has 1 saturated heterocycles. The van der Waals surface area contributed by atoms with E-state index in [9.17, 15) is 9.59 Å². The predicted molar refractivity (Wildman–Crippen MR) is 146 cm³/mol. The average Bonchev–Trinajstić information content (AvgIpc) is 3.16. The van der Waals surface area contributed by atoms with Crippen LogP contribution >= 0.6 is 0 Å². The second-order valence-electron chi connectivity index (χ2n) is 14.2. The lowest BCUT2D eigenvalue weighted by Gasteiger charge is -2.62. The Morgan fingerprint density at radius 2 is 1.67 bits per heavy atom. The highest BCUT2D eigenvalue weighted by molar-refractivity contribution is 5.94. The van der Waals surface area contributed by atoms with E-state index in [1.54, 1.807) is 0 Å². The van der Waals surface area contributed by atoms with E-state index in [2.05, 4.69) is 43.2 Å². The molecule has 5 rings (SSSR count). The lowest BCUT2D eigenvalue weighted by molar-refractivity contribution is -0.158. The van der Waals surface area contributed by atoms with Crippen LogP contribution in [0.15, 0.2) is 24.3 Å². The molecular formula is C32H48N2O2. The molecule has 0 aromatic heterocycles. The van der Waals surface area contributed by atoms with E-state index in [0.717, 1.165) is 48.5 Å². The zero-order valence-corrected chi connectivity index (χ0v) is 23.5. The van der Waals surface area contributed by atoms with Gasteiger partial charge in [-0.3, -0.25) is 9.59 Å². The van der Waals surface area contributed by atoms with E-state index in [-0.39, 0.29) is 11.4 Å². The predicted octanol–water partition coefficient (Wildman–Crippen LogP) is 6.63. The van der Waals surface area contributed by atoms with E-state index >= 15 is 0 Å². The van der Waals surface area contributed by atoms with Crippen molar-refractivity contribution in [1.82, 2.24) is 10.2 Å². The van der Waals surface area contributed by atoms with E-state index in [0.29, 0.717) is 22.8 Å². The number of rotatable bonds is 4. The normalized spacial score (nSPS) is 38.2. The van der Waals surface area contributed by atoms with Crippen molar-refractivity contribution in [2.24, 2.45) is 34.5 Å². The van der Waals surface area contributed by atoms with Crippen molar-refractivity contribution in [3.63, 3.8) is 0 Å². The molecule has 3 aliphatic carbocycles. The number of nitrogens with zero attached hydrogens (tertiary/aromatic N) is 1. The Kier molecular flexibility index (Phi) is 6.57. The molecule has 4 fully saturated rings. The summed E-state index contributed by atoms with van der Waals surface area (Å²) in [7, 11) is 2.06. The Bertz CT molecular complexity index is 994. The van der Waals surface area contributed by atoms with E-state index in [1.165, 1.54) is 50.5 Å². The first-order valence-corrected chi connectivity index (χ1v) is 14.6. The number of nitrogens with one attached hydrogen (secondary N) is 1. The second kappa shape index (κ2) is 9.17. The topological polar surface area (TPSA) is 49.4 Å². The maximum atomic E-state index is 12.5. The van der Waals surface area contributed by atoms with Crippen molar-refractivity contribution >= 4 is 11.8 Å². The molecule has 4 nitrogen and oxygen atoms in total. The molecule has 198 valence electrons. The quantitative estimate of drug-likeness (QED) is 0.513. The van der Waals surface area contributed by atoms with Gasteiger partial charge in [-0.15, -0.1) is 0 Å². The standard InChI is InChI=1S/C32H48N2O2/c1-30(2,3)33-29(36)22-10-7-21(8-11-22)9-12-23-13-15-25-24-14-16-27-32(5,20-18-28(35)34(27)6)26(24)17-19-31(23,25)4/h7-8,10-11,23-27H,9,12-20H2,1-6H3,(H,33,36)/t23-,24-,25-,26-,27+,31+,32+/m0/s1. The molecule has 0 bridgehead atoms. The third-order valence-electron chi connectivity index (χ3n) is 11.2. The van der Waals surface area contributed by atoms with Crippen molar-refractivity contribution in [3.8, 4) is 0 Å². The fourth-order valence-corrected chi connectivity index (χ4v) is 9.31. The van der Waals surface area contributed by atoms with Gasteiger partial charge in [-0.2, -0.15) is 0 Å². The smallest absolute Gasteiger partial charge is 0.251 e. The molecule has 0 unspecified atom stereocenters. The summed E-state index contributed by atoms with van der Waals surface area (Å²) in [5, 5.41) is 3.06. The highest BCUT2D eigenvalue weighted by Crippen LogP contribution is 2.66. The molecule has 3 saturated carbocycles. The van der Waals surface area contributed by atoms with Crippen molar-refractivity contribution in [2.75, 3.05) is 7.05 Å². The third-order valence-corrected chi connectivity index (χ3v) is 11.2. The monoisotopic (exact) mass is 492 g/mol. The van der Waals surface area contributed by atoms with Gasteiger partial charge in [-0.1, -0.05) is 26.0 Å². The Hall–Kier alpha value is -1.84. The summed E-state index contributed by atoms with van der Waals surface area (Å²) < 4.78 is 0. The van der Waals surface area contributed by atoms with Crippen LogP contribution in [-0.4, -0.2) is 35.3 Å². The van der Waals surface area contributed by atoms with Crippen LogP contribution in [0.25, 0.3) is 0 Å². The van der Waals surface area contributed by atoms with Gasteiger partial charge in [0.25, 0.3) is 5.91 Å². The summed E-state index contributed by atoms with van der Waals surface area (Å²) in [4.78, 5) is 27.0. The summed E-state index contributed by atoms with van der Waals surface area (Å²) in [6.45, 7) is 11.2. The molecule has 0 radical (unpaired) electrons. The minimum absolute atomic E-state index is 0.00824. The second-order valence-corrected chi connectivity index (χ2v) is 14.2. The van der Waals surface area contributed by atoms with Crippen LogP contribution in [0.5, 0.6) is 0 Å². The van der Waals surface area contributed by atoms with Gasteiger partial charge >= 0.3 is 0 Å². The molecule has 2 amide bonds. The largest absolute Gasteiger partial charge is 0.347 e. The molecule has 1 aliphatic heterocycles. The number of hydrogen-bond donors (Lipinski definition) is 1. The van der Waals surface area contributed by atoms with Crippen LogP contribution in [0.2, 0.25) is 0 Å². The summed E-state index contributed by atoms with van der Waals surface area (Å²) in [5.74, 6) is 3.65. The minimum atomic E-state index is -0.218. The first-order valence-electron chi connectivity index (χ1n) is 14.6. The van der Waals surface area contributed by atoms with Gasteiger partial charge in [0.1, 0.15) is 0 Å². The van der Waals surface area contributed by atoms with Gasteiger partial charge in [0.2, 0.25) is 5.91 Å². The average molecular weight is 493 g/mol. The number of likely N-dealkylation sites (tertiary alicyclic amines) is 1. The van der Waals surface area contributed by atoms with Crippen LogP contribution in [0.4, 0.5) is 0 Å². The maximum Gasteiger partial charge on any atom is 0.251 e. The van der Waals surface area contributed by atoms with Crippen LogP contribution in [0.1, 0.15) is 108 Å². The molecular weight excluding hydrogens is 444 g/mol. The van der Waals surface area contributed by atoms with Crippen LogP contribution in [-0.2, 0) is 11.2 Å². The molecule has 7 atom stereocenters. The molecule has 1 aromatic carbocycles. The highest BCUT2D eigenvalue weighted by atomic mass is 16.2. The Balaban J connectivity index is 1.23. The Labute approximate surface area is 219 Å². The van der Waals surface area contributed by atoms with Crippen LogP contribution in [0, 0.1) is 34.5 Å². The number of fused-ring (bicyclic) bond motifs is 5. The number of hydrogen-bond acceptors (Lipinski definition) is 2. The van der Waals surface area contributed by atoms with Crippen molar-refractivity contribution in [3.05, 3.63) is 35.4 Å². The molecule has 4 heteroatoms. The Morgan fingerprint density at radius 1 is 0.972 bits per heavy atom. The molecule has 1 aromatic rings. The highest BCUT2D eigenvalue weighted by Gasteiger charge is 2.60. The SMILES string of the molecule is CN1C(=O)CC[C@]2(C)[C@H]3CC[C@]4(C)[C@@H](CCc5ccc(C(=O)NC(C)(C)C)cc5)CC[C@H]4[C@@H]3CC[C@@H]12. The number of aryl methyl sites for hydroxylation is 1. The van der Waals surface area contributed by atoms with Gasteiger partial charge in [0, 0.05) is 30.6 Å².